The second kappa shape index (κ2) is 13.8. The number of terminal acetylenes is 1. The van der Waals surface area contributed by atoms with Crippen molar-refractivity contribution in [2.45, 2.75) is 98.4 Å². The summed E-state index contributed by atoms with van der Waals surface area (Å²) in [4.78, 5) is 41.5. The molecule has 0 aromatic heterocycles. The van der Waals surface area contributed by atoms with Crippen molar-refractivity contribution < 1.29 is 19.1 Å². The van der Waals surface area contributed by atoms with Crippen LogP contribution in [0.1, 0.15) is 91.8 Å². The van der Waals surface area contributed by atoms with Crippen molar-refractivity contribution in [1.82, 2.24) is 15.5 Å². The summed E-state index contributed by atoms with van der Waals surface area (Å²) in [6, 6.07) is 5.28. The Morgan fingerprint density at radius 2 is 1.71 bits per heavy atom. The molecule has 0 fully saturated rings. The highest BCUT2D eigenvalue weighted by Crippen LogP contribution is 2.26. The zero-order valence-electron chi connectivity index (χ0n) is 22.6. The fourth-order valence-corrected chi connectivity index (χ4v) is 3.95. The largest absolute Gasteiger partial charge is 0.444 e. The first kappa shape index (κ1) is 30.0. The third-order valence-electron chi connectivity index (χ3n) is 5.40. The third kappa shape index (κ3) is 9.64. The quantitative estimate of drug-likeness (QED) is 0.441. The number of benzene rings is 1. The van der Waals surface area contributed by atoms with Gasteiger partial charge in [-0.2, -0.15) is 0 Å². The fourth-order valence-electron chi connectivity index (χ4n) is 3.95. The summed E-state index contributed by atoms with van der Waals surface area (Å²) in [6.07, 6.45) is 7.20. The molecule has 7 heteroatoms. The predicted molar refractivity (Wildman–Crippen MR) is 140 cm³/mol. The SMILES string of the molecule is C#Cc1ccccc1C(C(=O)NC(C)CCC)N(CC)C(=O)C(CC(C)C)NC(=O)OC(C)(C)C. The Morgan fingerprint density at radius 3 is 2.23 bits per heavy atom. The standard InChI is InChI=1S/C28H43N3O4/c1-10-15-20(6)29-25(32)24(22-17-14-13-16-21(22)11-2)31(12-3)26(33)23(18-19(4)5)30-27(34)35-28(7,8)9/h2,13-14,16-17,19-20,23-24H,10,12,15,18H2,1,3-9H3,(H,29,32)(H,30,34). The molecule has 1 aromatic carbocycles. The molecule has 1 rings (SSSR count). The van der Waals surface area contributed by atoms with Crippen molar-refractivity contribution in [3.63, 3.8) is 0 Å². The molecule has 35 heavy (non-hydrogen) atoms. The molecule has 2 N–H and O–H groups in total. The number of carbonyl (C=O) groups excluding carboxylic acids is 3. The van der Waals surface area contributed by atoms with E-state index < -0.39 is 23.8 Å². The predicted octanol–water partition coefficient (Wildman–Crippen LogP) is 4.80. The third-order valence-corrected chi connectivity index (χ3v) is 5.40. The molecule has 0 bridgehead atoms. The highest BCUT2D eigenvalue weighted by molar-refractivity contribution is 5.92. The Balaban J connectivity index is 3.44. The van der Waals surface area contributed by atoms with Gasteiger partial charge in [0.15, 0.2) is 0 Å². The molecule has 0 aliphatic rings. The summed E-state index contributed by atoms with van der Waals surface area (Å²) in [7, 11) is 0. The lowest BCUT2D eigenvalue weighted by atomic mass is 9.96. The molecule has 3 unspecified atom stereocenters. The van der Waals surface area contributed by atoms with Crippen LogP contribution in [-0.4, -0.2) is 47.0 Å². The van der Waals surface area contributed by atoms with E-state index in [9.17, 15) is 14.4 Å². The maximum absolute atomic E-state index is 13.9. The maximum Gasteiger partial charge on any atom is 0.408 e. The average molecular weight is 486 g/mol. The van der Waals surface area contributed by atoms with E-state index >= 15 is 0 Å². The maximum atomic E-state index is 13.9. The van der Waals surface area contributed by atoms with Crippen molar-refractivity contribution in [3.05, 3.63) is 35.4 Å². The number of nitrogens with one attached hydrogen (secondary N) is 2. The van der Waals surface area contributed by atoms with Crippen LogP contribution >= 0.6 is 0 Å². The van der Waals surface area contributed by atoms with Crippen LogP contribution in [0.5, 0.6) is 0 Å². The molecule has 0 saturated carbocycles. The van der Waals surface area contributed by atoms with E-state index in [1.165, 1.54) is 4.90 Å². The summed E-state index contributed by atoms with van der Waals surface area (Å²) < 4.78 is 5.40. The lowest BCUT2D eigenvalue weighted by Gasteiger charge is -2.35. The lowest BCUT2D eigenvalue weighted by molar-refractivity contribution is -0.142. The monoisotopic (exact) mass is 485 g/mol. The minimum atomic E-state index is -0.936. The van der Waals surface area contributed by atoms with Gasteiger partial charge in [0.2, 0.25) is 11.8 Å². The van der Waals surface area contributed by atoms with E-state index in [0.29, 0.717) is 17.5 Å². The lowest BCUT2D eigenvalue weighted by Crippen LogP contribution is -2.54. The first-order valence-corrected chi connectivity index (χ1v) is 12.5. The average Bonchev–Trinajstić information content (AvgIpc) is 2.74. The molecule has 194 valence electrons. The minimum absolute atomic E-state index is 0.0619. The molecule has 0 aliphatic carbocycles. The van der Waals surface area contributed by atoms with E-state index in [-0.39, 0.29) is 30.3 Å². The number of amides is 3. The molecule has 3 atom stereocenters. The molecular weight excluding hydrogens is 442 g/mol. The van der Waals surface area contributed by atoms with Crippen molar-refractivity contribution in [2.75, 3.05) is 6.54 Å². The number of hydrogen-bond acceptors (Lipinski definition) is 4. The van der Waals surface area contributed by atoms with Gasteiger partial charge >= 0.3 is 6.09 Å². The first-order chi connectivity index (χ1) is 16.3. The second-order valence-electron chi connectivity index (χ2n) is 10.3. The summed E-state index contributed by atoms with van der Waals surface area (Å²) in [6.45, 7) is 15.3. The molecular formula is C28H43N3O4. The molecule has 0 heterocycles. The topological polar surface area (TPSA) is 87.7 Å². The van der Waals surface area contributed by atoms with Crippen LogP contribution in [-0.2, 0) is 14.3 Å². The Bertz CT molecular complexity index is 898. The van der Waals surface area contributed by atoms with Crippen LogP contribution in [0.3, 0.4) is 0 Å². The molecule has 0 radical (unpaired) electrons. The Kier molecular flexibility index (Phi) is 11.8. The van der Waals surface area contributed by atoms with Gasteiger partial charge in [0, 0.05) is 18.2 Å². The van der Waals surface area contributed by atoms with Crippen molar-refractivity contribution >= 4 is 17.9 Å². The Labute approximate surface area is 211 Å². The fraction of sp³-hybridized carbons (Fsp3) is 0.607. The number of alkyl carbamates (subject to hydrolysis) is 1. The van der Waals surface area contributed by atoms with Crippen LogP contribution in [0.15, 0.2) is 24.3 Å². The van der Waals surface area contributed by atoms with Crippen LogP contribution in [0, 0.1) is 18.3 Å². The first-order valence-electron chi connectivity index (χ1n) is 12.5. The molecule has 0 spiro atoms. The summed E-state index contributed by atoms with van der Waals surface area (Å²) in [5.74, 6) is 2.10. The number of rotatable bonds is 11. The molecule has 0 saturated heterocycles. The number of likely N-dealkylation sites (N-methyl/N-ethyl adjacent to an activating group) is 1. The van der Waals surface area contributed by atoms with Gasteiger partial charge in [0.05, 0.1) is 0 Å². The second-order valence-corrected chi connectivity index (χ2v) is 10.3. The van der Waals surface area contributed by atoms with Crippen LogP contribution in [0.4, 0.5) is 4.79 Å². The van der Waals surface area contributed by atoms with Gasteiger partial charge in [-0.25, -0.2) is 4.79 Å². The highest BCUT2D eigenvalue weighted by atomic mass is 16.6. The number of ether oxygens (including phenoxy) is 1. The number of nitrogens with zero attached hydrogens (tertiary/aromatic N) is 1. The van der Waals surface area contributed by atoms with E-state index in [2.05, 4.69) is 23.5 Å². The van der Waals surface area contributed by atoms with E-state index in [1.807, 2.05) is 27.7 Å². The highest BCUT2D eigenvalue weighted by Gasteiger charge is 2.36. The normalized spacial score (nSPS) is 13.8. The van der Waals surface area contributed by atoms with Gasteiger partial charge in [-0.05, 0) is 65.0 Å². The zero-order chi connectivity index (χ0) is 26.8. The Hall–Kier alpha value is -3.01. The van der Waals surface area contributed by atoms with Crippen LogP contribution < -0.4 is 10.6 Å². The molecule has 1 aromatic rings. The van der Waals surface area contributed by atoms with Crippen molar-refractivity contribution in [2.24, 2.45) is 5.92 Å². The Morgan fingerprint density at radius 1 is 1.09 bits per heavy atom. The molecule has 3 amide bonds. The number of carbonyl (C=O) groups is 3. The van der Waals surface area contributed by atoms with Gasteiger partial charge < -0.3 is 20.3 Å². The summed E-state index contributed by atoms with van der Waals surface area (Å²) in [5, 5.41) is 5.77. The van der Waals surface area contributed by atoms with Crippen LogP contribution in [0.2, 0.25) is 0 Å². The van der Waals surface area contributed by atoms with E-state index in [0.717, 1.165) is 12.8 Å². The minimum Gasteiger partial charge on any atom is -0.444 e. The smallest absolute Gasteiger partial charge is 0.408 e. The molecule has 7 nitrogen and oxygen atoms in total. The van der Waals surface area contributed by atoms with E-state index in [1.54, 1.807) is 45.0 Å². The zero-order valence-corrected chi connectivity index (χ0v) is 22.6. The van der Waals surface area contributed by atoms with E-state index in [4.69, 9.17) is 11.2 Å². The molecule has 0 aliphatic heterocycles. The van der Waals surface area contributed by atoms with Gasteiger partial charge in [-0.3, -0.25) is 9.59 Å². The number of hydrogen-bond donors (Lipinski definition) is 2. The van der Waals surface area contributed by atoms with Crippen LogP contribution in [0.25, 0.3) is 0 Å². The van der Waals surface area contributed by atoms with Gasteiger partial charge in [0.1, 0.15) is 17.7 Å². The summed E-state index contributed by atoms with van der Waals surface area (Å²) >= 11 is 0. The van der Waals surface area contributed by atoms with Gasteiger partial charge in [-0.1, -0.05) is 51.3 Å². The summed E-state index contributed by atoms with van der Waals surface area (Å²) in [5.41, 5.74) is 0.415. The van der Waals surface area contributed by atoms with Gasteiger partial charge in [0.25, 0.3) is 0 Å². The van der Waals surface area contributed by atoms with Gasteiger partial charge in [-0.15, -0.1) is 6.42 Å². The van der Waals surface area contributed by atoms with Crippen molar-refractivity contribution in [3.8, 4) is 12.3 Å². The van der Waals surface area contributed by atoms with Crippen molar-refractivity contribution in [1.29, 1.82) is 0 Å².